The Balaban J connectivity index is 0.000000396. The molecule has 0 N–H and O–H groups in total. The maximum Gasteiger partial charge on any atom is 0.0914 e. The van der Waals surface area contributed by atoms with Crippen LogP contribution in [-0.4, -0.2) is 9.97 Å². The molecule has 0 aromatic carbocycles. The maximum absolute atomic E-state index is 4.22. The van der Waals surface area contributed by atoms with E-state index in [4.69, 9.17) is 0 Å². The summed E-state index contributed by atoms with van der Waals surface area (Å²) in [6.45, 7) is 5.97. The summed E-state index contributed by atoms with van der Waals surface area (Å²) in [6, 6.07) is 5.94. The summed E-state index contributed by atoms with van der Waals surface area (Å²) in [5, 5.41) is 1.15. The highest BCUT2D eigenvalue weighted by Crippen LogP contribution is 2.11. The van der Waals surface area contributed by atoms with E-state index in [0.29, 0.717) is 0 Å². The van der Waals surface area contributed by atoms with Gasteiger partial charge in [-0.05, 0) is 19.1 Å². The van der Waals surface area contributed by atoms with Crippen LogP contribution in [0.2, 0.25) is 0 Å². The van der Waals surface area contributed by atoms with Crippen molar-refractivity contribution < 1.29 is 0 Å². The van der Waals surface area contributed by atoms with Crippen LogP contribution >= 0.6 is 0 Å². The van der Waals surface area contributed by atoms with Gasteiger partial charge in [0.25, 0.3) is 0 Å². The fourth-order valence-electron chi connectivity index (χ4n) is 1.15. The van der Waals surface area contributed by atoms with Crippen molar-refractivity contribution in [2.45, 2.75) is 20.8 Å². The standard InChI is InChI=1S/C9H8N2.C2H6/c1-7-9-8(4-6-10-7)3-2-5-11-9;1-2/h2-6H,1H3;1-2H3. The van der Waals surface area contributed by atoms with E-state index in [1.807, 2.05) is 39.0 Å². The minimum Gasteiger partial charge on any atom is -0.259 e. The van der Waals surface area contributed by atoms with E-state index in [1.54, 1.807) is 12.4 Å². The predicted octanol–water partition coefficient (Wildman–Crippen LogP) is 2.96. The highest BCUT2D eigenvalue weighted by Gasteiger charge is 1.95. The van der Waals surface area contributed by atoms with Crippen molar-refractivity contribution in [3.05, 3.63) is 36.3 Å². The number of aryl methyl sites for hydroxylation is 1. The summed E-state index contributed by atoms with van der Waals surface area (Å²) < 4.78 is 0. The van der Waals surface area contributed by atoms with Gasteiger partial charge in [-0.25, -0.2) is 0 Å². The van der Waals surface area contributed by atoms with Crippen molar-refractivity contribution in [3.8, 4) is 0 Å². The largest absolute Gasteiger partial charge is 0.259 e. The second kappa shape index (κ2) is 4.55. The zero-order chi connectivity index (χ0) is 9.68. The first-order valence-electron chi connectivity index (χ1n) is 4.54. The first kappa shape index (κ1) is 9.65. The molecule has 0 atom stereocenters. The molecule has 0 unspecified atom stereocenters. The summed E-state index contributed by atoms with van der Waals surface area (Å²) in [5.74, 6) is 0. The second-order valence-electron chi connectivity index (χ2n) is 2.47. The number of rotatable bonds is 0. The minimum atomic E-state index is 0.989. The number of hydrogen-bond donors (Lipinski definition) is 0. The molecule has 2 aromatic heterocycles. The molecule has 2 heterocycles. The van der Waals surface area contributed by atoms with E-state index in [1.165, 1.54) is 0 Å². The SMILES string of the molecule is CC.Cc1nccc2cccnc12. The van der Waals surface area contributed by atoms with E-state index >= 15 is 0 Å². The van der Waals surface area contributed by atoms with Gasteiger partial charge in [0.1, 0.15) is 0 Å². The summed E-state index contributed by atoms with van der Waals surface area (Å²) in [6.07, 6.45) is 3.59. The van der Waals surface area contributed by atoms with Crippen molar-refractivity contribution in [3.63, 3.8) is 0 Å². The molecule has 0 saturated heterocycles. The van der Waals surface area contributed by atoms with E-state index in [2.05, 4.69) is 9.97 Å². The van der Waals surface area contributed by atoms with Gasteiger partial charge in [-0.15, -0.1) is 0 Å². The van der Waals surface area contributed by atoms with Gasteiger partial charge >= 0.3 is 0 Å². The van der Waals surface area contributed by atoms with Gasteiger partial charge in [-0.2, -0.15) is 0 Å². The van der Waals surface area contributed by atoms with Crippen LogP contribution in [0.5, 0.6) is 0 Å². The fourth-order valence-corrected chi connectivity index (χ4v) is 1.15. The molecule has 0 fully saturated rings. The second-order valence-corrected chi connectivity index (χ2v) is 2.47. The summed E-state index contributed by atoms with van der Waals surface area (Å²) in [4.78, 5) is 8.36. The lowest BCUT2D eigenvalue weighted by Crippen LogP contribution is -1.84. The van der Waals surface area contributed by atoms with Crippen molar-refractivity contribution >= 4 is 10.9 Å². The molecular formula is C11H14N2. The molecule has 0 radical (unpaired) electrons. The molecule has 0 bridgehead atoms. The van der Waals surface area contributed by atoms with E-state index in [0.717, 1.165) is 16.6 Å². The van der Waals surface area contributed by atoms with Gasteiger partial charge in [-0.3, -0.25) is 9.97 Å². The van der Waals surface area contributed by atoms with Crippen LogP contribution in [-0.2, 0) is 0 Å². The zero-order valence-corrected chi connectivity index (χ0v) is 8.28. The maximum atomic E-state index is 4.22. The predicted molar refractivity (Wildman–Crippen MR) is 55.6 cm³/mol. The molecule has 2 rings (SSSR count). The van der Waals surface area contributed by atoms with Gasteiger partial charge < -0.3 is 0 Å². The average Bonchev–Trinajstić information content (AvgIpc) is 2.22. The molecule has 0 aliphatic carbocycles. The van der Waals surface area contributed by atoms with E-state index in [-0.39, 0.29) is 0 Å². The Morgan fingerprint density at radius 1 is 1.00 bits per heavy atom. The Kier molecular flexibility index (Phi) is 3.38. The van der Waals surface area contributed by atoms with Gasteiger partial charge in [0.15, 0.2) is 0 Å². The van der Waals surface area contributed by atoms with Crippen LogP contribution in [0.1, 0.15) is 19.5 Å². The third-order valence-electron chi connectivity index (χ3n) is 1.70. The number of hydrogen-bond acceptors (Lipinski definition) is 2. The molecule has 0 amide bonds. The van der Waals surface area contributed by atoms with E-state index < -0.39 is 0 Å². The number of nitrogens with zero attached hydrogens (tertiary/aromatic N) is 2. The van der Waals surface area contributed by atoms with Crippen LogP contribution in [0.15, 0.2) is 30.6 Å². The molecule has 0 aliphatic rings. The topological polar surface area (TPSA) is 25.8 Å². The van der Waals surface area contributed by atoms with Crippen LogP contribution in [0.4, 0.5) is 0 Å². The summed E-state index contributed by atoms with van der Waals surface area (Å²) in [5.41, 5.74) is 1.98. The molecule has 0 aliphatic heterocycles. The van der Waals surface area contributed by atoms with Crippen LogP contribution in [0, 0.1) is 6.92 Å². The molecule has 13 heavy (non-hydrogen) atoms. The molecule has 2 aromatic rings. The average molecular weight is 174 g/mol. The monoisotopic (exact) mass is 174 g/mol. The van der Waals surface area contributed by atoms with Gasteiger partial charge in [0.2, 0.25) is 0 Å². The van der Waals surface area contributed by atoms with Gasteiger partial charge in [0, 0.05) is 17.8 Å². The van der Waals surface area contributed by atoms with Crippen molar-refractivity contribution in [2.75, 3.05) is 0 Å². The van der Waals surface area contributed by atoms with Gasteiger partial charge in [-0.1, -0.05) is 19.9 Å². The zero-order valence-electron chi connectivity index (χ0n) is 8.28. The fraction of sp³-hybridized carbons (Fsp3) is 0.273. The lowest BCUT2D eigenvalue weighted by Gasteiger charge is -1.96. The van der Waals surface area contributed by atoms with Gasteiger partial charge in [0.05, 0.1) is 11.2 Å². The minimum absolute atomic E-state index is 0.989. The molecule has 2 heteroatoms. The Morgan fingerprint density at radius 3 is 2.46 bits per heavy atom. The third-order valence-corrected chi connectivity index (χ3v) is 1.70. The normalized spacial score (nSPS) is 9.15. The van der Waals surface area contributed by atoms with Crippen LogP contribution < -0.4 is 0 Å². The Labute approximate surface area is 78.7 Å². The lowest BCUT2D eigenvalue weighted by molar-refractivity contribution is 1.20. The first-order chi connectivity index (χ1) is 6.38. The molecule has 2 nitrogen and oxygen atoms in total. The highest BCUT2D eigenvalue weighted by atomic mass is 14.7. The molecular weight excluding hydrogens is 160 g/mol. The molecule has 0 spiro atoms. The summed E-state index contributed by atoms with van der Waals surface area (Å²) >= 11 is 0. The number of aromatic nitrogens is 2. The highest BCUT2D eigenvalue weighted by molar-refractivity contribution is 5.79. The smallest absolute Gasteiger partial charge is 0.0914 e. The van der Waals surface area contributed by atoms with Crippen molar-refractivity contribution in [1.29, 1.82) is 0 Å². The first-order valence-corrected chi connectivity index (χ1v) is 4.54. The van der Waals surface area contributed by atoms with Crippen LogP contribution in [0.3, 0.4) is 0 Å². The number of pyridine rings is 2. The lowest BCUT2D eigenvalue weighted by atomic mass is 10.2. The molecule has 0 saturated carbocycles. The Morgan fingerprint density at radius 2 is 1.77 bits per heavy atom. The Hall–Kier alpha value is -1.44. The van der Waals surface area contributed by atoms with Crippen molar-refractivity contribution in [1.82, 2.24) is 9.97 Å². The van der Waals surface area contributed by atoms with Crippen molar-refractivity contribution in [2.24, 2.45) is 0 Å². The van der Waals surface area contributed by atoms with Crippen LogP contribution in [0.25, 0.3) is 10.9 Å². The third kappa shape index (κ3) is 2.02. The number of fused-ring (bicyclic) bond motifs is 1. The quantitative estimate of drug-likeness (QED) is 0.613. The van der Waals surface area contributed by atoms with E-state index in [9.17, 15) is 0 Å². The Bertz CT molecular complexity index is 377. The molecule has 68 valence electrons. The summed E-state index contributed by atoms with van der Waals surface area (Å²) in [7, 11) is 0.